The number of aldehydes is 1. The Labute approximate surface area is 110 Å². The van der Waals surface area contributed by atoms with Crippen LogP contribution in [-0.2, 0) is 4.74 Å². The Morgan fingerprint density at radius 1 is 1.37 bits per heavy atom. The number of nitrogens with one attached hydrogen (secondary N) is 1. The number of furan rings is 1. The van der Waals surface area contributed by atoms with Gasteiger partial charge in [0.2, 0.25) is 0 Å². The molecule has 0 spiro atoms. The van der Waals surface area contributed by atoms with Gasteiger partial charge in [-0.15, -0.1) is 0 Å². The Kier molecular flexibility index (Phi) is 4.30. The smallest absolute Gasteiger partial charge is 0.185 e. The molecule has 0 fully saturated rings. The maximum atomic E-state index is 13.3. The number of carbonyl (C=O) groups is 1. The van der Waals surface area contributed by atoms with Gasteiger partial charge >= 0.3 is 0 Å². The maximum absolute atomic E-state index is 13.3. The van der Waals surface area contributed by atoms with Crippen molar-refractivity contribution in [1.82, 2.24) is 0 Å². The molecule has 0 saturated heterocycles. The lowest BCUT2D eigenvalue weighted by Gasteiger charge is -2.10. The second-order valence-corrected chi connectivity index (χ2v) is 3.93. The Morgan fingerprint density at radius 3 is 2.89 bits per heavy atom. The number of rotatable bonds is 6. The van der Waals surface area contributed by atoms with Crippen LogP contribution in [0.3, 0.4) is 0 Å². The Bertz CT molecular complexity index is 566. The number of hydrogen-bond donors (Lipinski definition) is 1. The zero-order valence-corrected chi connectivity index (χ0v) is 10.5. The third-order valence-electron chi connectivity index (χ3n) is 2.61. The number of hydrogen-bond acceptors (Lipinski definition) is 4. The fourth-order valence-corrected chi connectivity index (χ4v) is 1.72. The van der Waals surface area contributed by atoms with E-state index in [4.69, 9.17) is 9.15 Å². The Hall–Kier alpha value is -2.14. The number of carbonyl (C=O) groups excluding carboxylic acids is 1. The lowest BCUT2D eigenvalue weighted by Crippen LogP contribution is -2.08. The quantitative estimate of drug-likeness (QED) is 0.643. The largest absolute Gasteiger partial charge is 0.453 e. The predicted octanol–water partition coefficient (Wildman–Crippen LogP) is 2.96. The third kappa shape index (κ3) is 3.20. The summed E-state index contributed by atoms with van der Waals surface area (Å²) in [5, 5.41) is 3.13. The monoisotopic (exact) mass is 263 g/mol. The summed E-state index contributed by atoms with van der Waals surface area (Å²) in [6.07, 6.45) is 0.612. The Balaban J connectivity index is 2.30. The number of benzene rings is 1. The van der Waals surface area contributed by atoms with Crippen LogP contribution >= 0.6 is 0 Å². The van der Waals surface area contributed by atoms with Gasteiger partial charge in [-0.2, -0.15) is 0 Å². The molecule has 0 aliphatic heterocycles. The number of anilines is 1. The van der Waals surface area contributed by atoms with E-state index in [1.54, 1.807) is 25.3 Å². The molecular formula is C14H14FNO3. The van der Waals surface area contributed by atoms with Crippen molar-refractivity contribution in [3.63, 3.8) is 0 Å². The minimum absolute atomic E-state index is 0.210. The highest BCUT2D eigenvalue weighted by Crippen LogP contribution is 2.30. The second kappa shape index (κ2) is 6.15. The van der Waals surface area contributed by atoms with Gasteiger partial charge < -0.3 is 14.5 Å². The fraction of sp³-hybridized carbons (Fsp3) is 0.214. The summed E-state index contributed by atoms with van der Waals surface area (Å²) >= 11 is 0. The summed E-state index contributed by atoms with van der Waals surface area (Å²) in [6.45, 7) is 1.13. The molecule has 0 saturated carbocycles. The first kappa shape index (κ1) is 13.3. The maximum Gasteiger partial charge on any atom is 0.185 e. The summed E-state index contributed by atoms with van der Waals surface area (Å²) < 4.78 is 23.6. The molecule has 100 valence electrons. The van der Waals surface area contributed by atoms with Crippen LogP contribution in [0.2, 0.25) is 0 Å². The minimum Gasteiger partial charge on any atom is -0.453 e. The van der Waals surface area contributed by atoms with Gasteiger partial charge in [-0.3, -0.25) is 4.79 Å². The molecule has 1 aromatic carbocycles. The number of halogens is 1. The highest BCUT2D eigenvalue weighted by molar-refractivity contribution is 5.78. The van der Waals surface area contributed by atoms with Crippen molar-refractivity contribution in [2.24, 2.45) is 0 Å². The third-order valence-corrected chi connectivity index (χ3v) is 2.61. The molecule has 5 heteroatoms. The zero-order chi connectivity index (χ0) is 13.7. The lowest BCUT2D eigenvalue weighted by molar-refractivity contribution is 0.110. The molecule has 2 aromatic rings. The molecule has 0 radical (unpaired) electrons. The second-order valence-electron chi connectivity index (χ2n) is 3.93. The van der Waals surface area contributed by atoms with Gasteiger partial charge in [0.05, 0.1) is 6.61 Å². The van der Waals surface area contributed by atoms with Crippen molar-refractivity contribution in [2.75, 3.05) is 25.6 Å². The fourth-order valence-electron chi connectivity index (χ4n) is 1.72. The van der Waals surface area contributed by atoms with E-state index in [2.05, 4.69) is 5.32 Å². The van der Waals surface area contributed by atoms with Gasteiger partial charge in [0.1, 0.15) is 11.6 Å². The molecule has 4 nitrogen and oxygen atoms in total. The van der Waals surface area contributed by atoms with Gasteiger partial charge in [-0.05, 0) is 30.3 Å². The molecular weight excluding hydrogens is 249 g/mol. The topological polar surface area (TPSA) is 51.5 Å². The minimum atomic E-state index is -0.364. The average molecular weight is 263 g/mol. The summed E-state index contributed by atoms with van der Waals surface area (Å²) in [4.78, 5) is 10.6. The van der Waals surface area contributed by atoms with Crippen LogP contribution in [0, 0.1) is 5.82 Å². The van der Waals surface area contributed by atoms with Gasteiger partial charge in [-0.1, -0.05) is 0 Å². The van der Waals surface area contributed by atoms with E-state index in [-0.39, 0.29) is 11.6 Å². The summed E-state index contributed by atoms with van der Waals surface area (Å²) in [7, 11) is 1.61. The van der Waals surface area contributed by atoms with Gasteiger partial charge in [0, 0.05) is 24.9 Å². The van der Waals surface area contributed by atoms with Crippen LogP contribution in [0.25, 0.3) is 11.3 Å². The standard InChI is InChI=1S/C14H14FNO3/c1-18-7-6-16-13-4-2-10(15)8-12(13)14-5-3-11(9-17)19-14/h2-5,8-9,16H,6-7H2,1H3. The Morgan fingerprint density at radius 2 is 2.21 bits per heavy atom. The van der Waals surface area contributed by atoms with Crippen molar-refractivity contribution < 1.29 is 18.3 Å². The van der Waals surface area contributed by atoms with E-state index in [9.17, 15) is 9.18 Å². The van der Waals surface area contributed by atoms with Crippen LogP contribution in [0.4, 0.5) is 10.1 Å². The summed E-state index contributed by atoms with van der Waals surface area (Å²) in [5.41, 5.74) is 1.30. The molecule has 0 bridgehead atoms. The van der Waals surface area contributed by atoms with Crippen molar-refractivity contribution in [3.05, 3.63) is 41.9 Å². The zero-order valence-electron chi connectivity index (χ0n) is 10.5. The van der Waals surface area contributed by atoms with E-state index in [0.717, 1.165) is 5.69 Å². The molecule has 0 aliphatic carbocycles. The van der Waals surface area contributed by atoms with E-state index >= 15 is 0 Å². The number of ether oxygens (including phenoxy) is 1. The van der Waals surface area contributed by atoms with Crippen molar-refractivity contribution in [2.45, 2.75) is 0 Å². The molecule has 1 N–H and O–H groups in total. The first-order chi connectivity index (χ1) is 9.24. The van der Waals surface area contributed by atoms with Gasteiger partial charge in [0.25, 0.3) is 0 Å². The van der Waals surface area contributed by atoms with Crippen molar-refractivity contribution >= 4 is 12.0 Å². The predicted molar refractivity (Wildman–Crippen MR) is 69.9 cm³/mol. The van der Waals surface area contributed by atoms with E-state index in [1.807, 2.05) is 0 Å². The average Bonchev–Trinajstić information content (AvgIpc) is 2.89. The molecule has 1 heterocycles. The SMILES string of the molecule is COCCNc1ccc(F)cc1-c1ccc(C=O)o1. The highest BCUT2D eigenvalue weighted by atomic mass is 19.1. The van der Waals surface area contributed by atoms with E-state index < -0.39 is 0 Å². The van der Waals surface area contributed by atoms with Crippen LogP contribution < -0.4 is 5.32 Å². The van der Waals surface area contributed by atoms with E-state index in [0.29, 0.717) is 30.8 Å². The van der Waals surface area contributed by atoms with Gasteiger partial charge in [-0.25, -0.2) is 4.39 Å². The normalized spacial score (nSPS) is 10.4. The van der Waals surface area contributed by atoms with Crippen LogP contribution in [0.15, 0.2) is 34.7 Å². The number of methoxy groups -OCH3 is 1. The van der Waals surface area contributed by atoms with Crippen molar-refractivity contribution in [1.29, 1.82) is 0 Å². The van der Waals surface area contributed by atoms with E-state index in [1.165, 1.54) is 12.1 Å². The van der Waals surface area contributed by atoms with Crippen LogP contribution in [0.1, 0.15) is 10.6 Å². The summed E-state index contributed by atoms with van der Waals surface area (Å²) in [6, 6.07) is 7.54. The molecule has 0 unspecified atom stereocenters. The molecule has 0 amide bonds. The van der Waals surface area contributed by atoms with Crippen LogP contribution in [-0.4, -0.2) is 26.5 Å². The first-order valence-corrected chi connectivity index (χ1v) is 5.82. The molecule has 0 aliphatic rings. The lowest BCUT2D eigenvalue weighted by atomic mass is 10.1. The molecule has 2 rings (SSSR count). The first-order valence-electron chi connectivity index (χ1n) is 5.82. The highest BCUT2D eigenvalue weighted by Gasteiger charge is 2.10. The molecule has 19 heavy (non-hydrogen) atoms. The van der Waals surface area contributed by atoms with Gasteiger partial charge in [0.15, 0.2) is 12.0 Å². The van der Waals surface area contributed by atoms with Crippen molar-refractivity contribution in [3.8, 4) is 11.3 Å². The molecule has 1 aromatic heterocycles. The molecule has 0 atom stereocenters. The summed E-state index contributed by atoms with van der Waals surface area (Å²) in [5.74, 6) is 0.292. The van der Waals surface area contributed by atoms with Crippen LogP contribution in [0.5, 0.6) is 0 Å².